The van der Waals surface area contributed by atoms with Crippen LogP contribution in [0.4, 0.5) is 0 Å². The van der Waals surface area contributed by atoms with Crippen molar-refractivity contribution in [2.24, 2.45) is 0 Å². The Morgan fingerprint density at radius 2 is 1.55 bits per heavy atom. The minimum atomic E-state index is -0.0226. The predicted octanol–water partition coefficient (Wildman–Crippen LogP) is 7.10. The molecule has 2 unspecified atom stereocenters. The zero-order valence-corrected chi connectivity index (χ0v) is 20.0. The lowest BCUT2D eigenvalue weighted by Crippen LogP contribution is -2.07. The summed E-state index contributed by atoms with van der Waals surface area (Å²) in [5.74, 6) is -0.0226. The van der Waals surface area contributed by atoms with Crippen molar-refractivity contribution in [1.29, 1.82) is 0 Å². The van der Waals surface area contributed by atoms with E-state index in [2.05, 4.69) is 31.9 Å². The lowest BCUT2D eigenvalue weighted by molar-refractivity contribution is -0.143. The van der Waals surface area contributed by atoms with E-state index in [4.69, 9.17) is 4.74 Å². The van der Waals surface area contributed by atoms with Crippen molar-refractivity contribution in [3.8, 4) is 0 Å². The molecule has 0 aliphatic rings. The van der Waals surface area contributed by atoms with E-state index in [0.717, 1.165) is 25.4 Å². The molecule has 0 radical (unpaired) electrons. The Morgan fingerprint density at radius 1 is 0.931 bits per heavy atom. The van der Waals surface area contributed by atoms with Crippen LogP contribution in [0, 0.1) is 0 Å². The van der Waals surface area contributed by atoms with E-state index in [0.29, 0.717) is 19.1 Å². The minimum Gasteiger partial charge on any atom is -0.466 e. The number of ether oxygens (including phenoxy) is 1. The second-order valence-electron chi connectivity index (χ2n) is 8.24. The molecule has 29 heavy (non-hydrogen) atoms. The second-order valence-corrected chi connectivity index (χ2v) is 8.82. The Bertz CT molecular complexity index is 479. The molecule has 5 heteroatoms. The molecule has 1 aromatic heterocycles. The number of unbranched alkanes of at least 4 members (excludes halogenated alkanes) is 10. The van der Waals surface area contributed by atoms with Gasteiger partial charge in [-0.15, -0.1) is 9.24 Å². The van der Waals surface area contributed by atoms with Crippen LogP contribution in [0.3, 0.4) is 0 Å². The summed E-state index contributed by atoms with van der Waals surface area (Å²) in [6, 6.07) is 0.630. The van der Waals surface area contributed by atoms with Crippen molar-refractivity contribution >= 4 is 15.2 Å². The molecule has 0 aromatic carbocycles. The van der Waals surface area contributed by atoms with Crippen LogP contribution in [-0.2, 0) is 9.53 Å². The van der Waals surface area contributed by atoms with Gasteiger partial charge >= 0.3 is 5.97 Å². The van der Waals surface area contributed by atoms with E-state index in [1.165, 1.54) is 77.0 Å². The van der Waals surface area contributed by atoms with E-state index in [1.54, 1.807) is 0 Å². The fraction of sp³-hybridized carbons (Fsp3) is 0.833. The van der Waals surface area contributed by atoms with Gasteiger partial charge < -0.3 is 9.30 Å². The molecule has 1 rings (SSSR count). The van der Waals surface area contributed by atoms with Crippen LogP contribution in [0.1, 0.15) is 116 Å². The molecule has 4 nitrogen and oxygen atoms in total. The topological polar surface area (TPSA) is 44.1 Å². The zero-order chi connectivity index (χ0) is 21.0. The molecule has 0 saturated heterocycles. The maximum absolute atomic E-state index is 11.5. The number of nitrogens with zero attached hydrogens (tertiary/aromatic N) is 2. The van der Waals surface area contributed by atoms with Gasteiger partial charge in [0.05, 0.1) is 12.9 Å². The van der Waals surface area contributed by atoms with Gasteiger partial charge in [0.15, 0.2) is 0 Å². The molecular formula is C24H45N2O2P. The van der Waals surface area contributed by atoms with Gasteiger partial charge in [-0.3, -0.25) is 4.79 Å². The summed E-state index contributed by atoms with van der Waals surface area (Å²) >= 11 is 0. The molecule has 1 aromatic rings. The second kappa shape index (κ2) is 19.1. The van der Waals surface area contributed by atoms with Gasteiger partial charge in [0, 0.05) is 24.9 Å². The molecule has 2 atom stereocenters. The van der Waals surface area contributed by atoms with Crippen LogP contribution >= 0.6 is 9.24 Å². The molecule has 0 saturated carbocycles. The molecule has 0 spiro atoms. The third-order valence-electron chi connectivity index (χ3n) is 5.62. The van der Waals surface area contributed by atoms with Crippen LogP contribution in [0.15, 0.2) is 18.7 Å². The molecule has 1 heterocycles. The van der Waals surface area contributed by atoms with Gasteiger partial charge in [0.25, 0.3) is 0 Å². The first-order valence-corrected chi connectivity index (χ1v) is 12.9. The monoisotopic (exact) mass is 424 g/mol. The SMILES string of the molecule is CCCCCCC(CCCCCCCCCCC(=O)OCCCP)n1ccnc1. The minimum absolute atomic E-state index is 0.0226. The molecule has 0 aliphatic carbocycles. The first kappa shape index (κ1) is 26.1. The average molecular weight is 425 g/mol. The summed E-state index contributed by atoms with van der Waals surface area (Å²) in [5.41, 5.74) is 0. The Labute approximate surface area is 181 Å². The normalized spacial score (nSPS) is 12.2. The van der Waals surface area contributed by atoms with Crippen molar-refractivity contribution in [2.75, 3.05) is 12.8 Å². The number of rotatable bonds is 20. The third kappa shape index (κ3) is 14.7. The number of carbonyl (C=O) groups excluding carboxylic acids is 1. The standard InChI is InChI=1S/C24H45N2O2P/c1-2-3-4-11-15-23(26-19-18-25-22-26)16-12-9-7-5-6-8-10-13-17-24(27)28-20-14-21-29/h18-19,22-23H,2-17,20-21,29H2,1H3. The van der Waals surface area contributed by atoms with Gasteiger partial charge in [0.1, 0.15) is 0 Å². The number of hydrogen-bond donors (Lipinski definition) is 0. The van der Waals surface area contributed by atoms with E-state index in [1.807, 2.05) is 12.5 Å². The van der Waals surface area contributed by atoms with E-state index < -0.39 is 0 Å². The Kier molecular flexibility index (Phi) is 17.2. The van der Waals surface area contributed by atoms with Crippen molar-refractivity contribution in [3.63, 3.8) is 0 Å². The number of aromatic nitrogens is 2. The molecule has 0 amide bonds. The first-order chi connectivity index (χ1) is 14.3. The Hall–Kier alpha value is -0.890. The van der Waals surface area contributed by atoms with Crippen molar-refractivity contribution < 1.29 is 9.53 Å². The van der Waals surface area contributed by atoms with E-state index in [-0.39, 0.29) is 5.97 Å². The molecule has 0 bridgehead atoms. The Morgan fingerprint density at radius 3 is 2.14 bits per heavy atom. The van der Waals surface area contributed by atoms with Crippen LogP contribution < -0.4 is 0 Å². The lowest BCUT2D eigenvalue weighted by Gasteiger charge is -2.18. The number of hydrogen-bond acceptors (Lipinski definition) is 3. The molecular weight excluding hydrogens is 379 g/mol. The zero-order valence-electron chi connectivity index (χ0n) is 18.8. The highest BCUT2D eigenvalue weighted by atomic mass is 31.0. The molecule has 0 aliphatic heterocycles. The maximum Gasteiger partial charge on any atom is 0.305 e. The van der Waals surface area contributed by atoms with Crippen LogP contribution in [-0.4, -0.2) is 28.3 Å². The van der Waals surface area contributed by atoms with Crippen LogP contribution in [0.5, 0.6) is 0 Å². The van der Waals surface area contributed by atoms with Gasteiger partial charge in [-0.1, -0.05) is 77.6 Å². The quantitative estimate of drug-likeness (QED) is 0.127. The lowest BCUT2D eigenvalue weighted by atomic mass is 10.00. The number of carbonyl (C=O) groups is 1. The average Bonchev–Trinajstić information content (AvgIpc) is 3.25. The molecule has 0 N–H and O–H groups in total. The summed E-state index contributed by atoms with van der Waals surface area (Å²) in [6.45, 7) is 2.85. The highest BCUT2D eigenvalue weighted by Gasteiger charge is 2.10. The first-order valence-electron chi connectivity index (χ1n) is 12.1. The van der Waals surface area contributed by atoms with Crippen LogP contribution in [0.2, 0.25) is 0 Å². The van der Waals surface area contributed by atoms with Crippen molar-refractivity contribution in [2.45, 2.75) is 116 Å². The third-order valence-corrected chi connectivity index (χ3v) is 6.03. The summed E-state index contributed by atoms with van der Waals surface area (Å²) in [7, 11) is 2.66. The molecule has 168 valence electrons. The van der Waals surface area contributed by atoms with Gasteiger partial charge in [-0.25, -0.2) is 4.98 Å². The summed E-state index contributed by atoms with van der Waals surface area (Å²) < 4.78 is 7.50. The Balaban J connectivity index is 1.98. The van der Waals surface area contributed by atoms with Gasteiger partial charge in [0.2, 0.25) is 0 Å². The highest BCUT2D eigenvalue weighted by molar-refractivity contribution is 7.16. The molecule has 0 fully saturated rings. The van der Waals surface area contributed by atoms with E-state index >= 15 is 0 Å². The maximum atomic E-state index is 11.5. The van der Waals surface area contributed by atoms with Gasteiger partial charge in [-0.05, 0) is 31.8 Å². The highest BCUT2D eigenvalue weighted by Crippen LogP contribution is 2.23. The van der Waals surface area contributed by atoms with Crippen LogP contribution in [0.25, 0.3) is 0 Å². The van der Waals surface area contributed by atoms with Crippen molar-refractivity contribution in [3.05, 3.63) is 18.7 Å². The summed E-state index contributed by atoms with van der Waals surface area (Å²) in [5, 5.41) is 0. The van der Waals surface area contributed by atoms with Gasteiger partial charge in [-0.2, -0.15) is 0 Å². The summed E-state index contributed by atoms with van der Waals surface area (Å²) in [4.78, 5) is 15.8. The number of imidazole rings is 1. The largest absolute Gasteiger partial charge is 0.466 e. The predicted molar refractivity (Wildman–Crippen MR) is 126 cm³/mol. The smallest absolute Gasteiger partial charge is 0.305 e. The van der Waals surface area contributed by atoms with E-state index in [9.17, 15) is 4.79 Å². The fourth-order valence-corrected chi connectivity index (χ4v) is 3.95. The van der Waals surface area contributed by atoms with Crippen molar-refractivity contribution in [1.82, 2.24) is 9.55 Å². The number of esters is 1. The fourth-order valence-electron chi connectivity index (χ4n) is 3.79. The summed E-state index contributed by atoms with van der Waals surface area (Å²) in [6.07, 6.45) is 26.5.